The van der Waals surface area contributed by atoms with Gasteiger partial charge in [-0.2, -0.15) is 0 Å². The van der Waals surface area contributed by atoms with Crippen LogP contribution in [-0.2, 0) is 0 Å². The molecule has 2 aliphatic rings. The highest BCUT2D eigenvalue weighted by Crippen LogP contribution is 2.14. The van der Waals surface area contributed by atoms with Gasteiger partial charge in [0.25, 0.3) is 0 Å². The molecular formula is C7H11N3. The first-order valence-corrected chi connectivity index (χ1v) is 3.62. The number of hydrogen-bond acceptors (Lipinski definition) is 3. The number of aliphatic imine (C=N–C) groups is 1. The highest BCUT2D eigenvalue weighted by atomic mass is 15.6. The van der Waals surface area contributed by atoms with Crippen LogP contribution in [0.4, 0.5) is 0 Å². The van der Waals surface area contributed by atoms with Crippen molar-refractivity contribution in [1.29, 1.82) is 0 Å². The minimum Gasteiger partial charge on any atom is -0.290 e. The fraction of sp³-hybridized carbons (Fsp3) is 0.571. The van der Waals surface area contributed by atoms with Gasteiger partial charge in [-0.05, 0) is 13.3 Å². The molecule has 10 heavy (non-hydrogen) atoms. The average molecular weight is 137 g/mol. The largest absolute Gasteiger partial charge is 0.290 e. The molecule has 3 heteroatoms. The van der Waals surface area contributed by atoms with Crippen LogP contribution in [-0.4, -0.2) is 29.4 Å². The van der Waals surface area contributed by atoms with E-state index in [9.17, 15) is 0 Å². The standard InChI is InChI=1S/C7H11N3/c1-7-5-9-3-2-4-10(9)6-8-7/h5-6H,2-4H2,1H3. The fourth-order valence-electron chi connectivity index (χ4n) is 1.32. The summed E-state index contributed by atoms with van der Waals surface area (Å²) in [4.78, 5) is 4.19. The maximum atomic E-state index is 4.19. The number of hydrazine groups is 1. The molecule has 0 N–H and O–H groups in total. The Kier molecular flexibility index (Phi) is 1.16. The van der Waals surface area contributed by atoms with Crippen LogP contribution in [0, 0.1) is 0 Å². The van der Waals surface area contributed by atoms with Gasteiger partial charge in [0.15, 0.2) is 0 Å². The van der Waals surface area contributed by atoms with Crippen molar-refractivity contribution in [1.82, 2.24) is 10.0 Å². The SMILES string of the molecule is CC1=CN2CCCN2C=N1. The number of rotatable bonds is 0. The third-order valence-electron chi connectivity index (χ3n) is 1.83. The van der Waals surface area contributed by atoms with E-state index >= 15 is 0 Å². The van der Waals surface area contributed by atoms with Crippen LogP contribution in [0.25, 0.3) is 0 Å². The Hall–Kier alpha value is -0.990. The zero-order valence-corrected chi connectivity index (χ0v) is 6.12. The van der Waals surface area contributed by atoms with E-state index in [0.717, 1.165) is 18.8 Å². The lowest BCUT2D eigenvalue weighted by Crippen LogP contribution is -2.33. The molecule has 0 aromatic heterocycles. The molecule has 54 valence electrons. The predicted octanol–water partition coefficient (Wildman–Crippen LogP) is 0.812. The zero-order valence-electron chi connectivity index (χ0n) is 6.12. The maximum absolute atomic E-state index is 4.19. The van der Waals surface area contributed by atoms with E-state index < -0.39 is 0 Å². The summed E-state index contributed by atoms with van der Waals surface area (Å²) < 4.78 is 0. The minimum absolute atomic E-state index is 1.10. The molecule has 0 bridgehead atoms. The van der Waals surface area contributed by atoms with E-state index in [1.165, 1.54) is 6.42 Å². The summed E-state index contributed by atoms with van der Waals surface area (Å²) in [7, 11) is 0. The molecule has 0 atom stereocenters. The van der Waals surface area contributed by atoms with Crippen molar-refractivity contribution in [2.24, 2.45) is 4.99 Å². The van der Waals surface area contributed by atoms with Gasteiger partial charge in [-0.3, -0.25) is 10.0 Å². The molecule has 1 fully saturated rings. The van der Waals surface area contributed by atoms with Crippen LogP contribution < -0.4 is 0 Å². The van der Waals surface area contributed by atoms with E-state index in [4.69, 9.17) is 0 Å². The van der Waals surface area contributed by atoms with Crippen LogP contribution >= 0.6 is 0 Å². The first kappa shape index (κ1) is 5.77. The summed E-state index contributed by atoms with van der Waals surface area (Å²) in [6, 6.07) is 0. The summed E-state index contributed by atoms with van der Waals surface area (Å²) in [5.74, 6) is 0. The Balaban J connectivity index is 2.20. The third kappa shape index (κ3) is 0.781. The van der Waals surface area contributed by atoms with Crippen molar-refractivity contribution in [3.8, 4) is 0 Å². The summed E-state index contributed by atoms with van der Waals surface area (Å²) in [5.41, 5.74) is 1.10. The number of allylic oxidation sites excluding steroid dienone is 1. The molecule has 0 unspecified atom stereocenters. The van der Waals surface area contributed by atoms with Gasteiger partial charge in [0.2, 0.25) is 0 Å². The lowest BCUT2D eigenvalue weighted by atomic mass is 10.5. The van der Waals surface area contributed by atoms with E-state index in [-0.39, 0.29) is 0 Å². The van der Waals surface area contributed by atoms with Crippen molar-refractivity contribution < 1.29 is 0 Å². The number of hydrogen-bond donors (Lipinski definition) is 0. The Labute approximate surface area is 60.6 Å². The number of nitrogens with zero attached hydrogens (tertiary/aromatic N) is 3. The van der Waals surface area contributed by atoms with Crippen molar-refractivity contribution in [3.63, 3.8) is 0 Å². The van der Waals surface area contributed by atoms with Gasteiger partial charge in [0.05, 0.1) is 5.70 Å². The van der Waals surface area contributed by atoms with Crippen LogP contribution in [0.2, 0.25) is 0 Å². The van der Waals surface area contributed by atoms with Gasteiger partial charge in [-0.25, -0.2) is 4.99 Å². The van der Waals surface area contributed by atoms with Crippen LogP contribution in [0.3, 0.4) is 0 Å². The highest BCUT2D eigenvalue weighted by Gasteiger charge is 2.18. The van der Waals surface area contributed by atoms with Crippen molar-refractivity contribution in [2.75, 3.05) is 13.1 Å². The molecule has 0 aromatic carbocycles. The average Bonchev–Trinajstić information content (AvgIpc) is 2.33. The fourth-order valence-corrected chi connectivity index (χ4v) is 1.32. The Morgan fingerprint density at radius 2 is 2.20 bits per heavy atom. The topological polar surface area (TPSA) is 18.8 Å². The summed E-state index contributed by atoms with van der Waals surface area (Å²) in [6.45, 7) is 4.28. The quantitative estimate of drug-likeness (QED) is 0.492. The van der Waals surface area contributed by atoms with Crippen LogP contribution in [0.1, 0.15) is 13.3 Å². The maximum Gasteiger partial charge on any atom is 0.110 e. The smallest absolute Gasteiger partial charge is 0.110 e. The third-order valence-corrected chi connectivity index (χ3v) is 1.83. The van der Waals surface area contributed by atoms with Crippen molar-refractivity contribution >= 4 is 6.34 Å². The molecule has 1 saturated heterocycles. The summed E-state index contributed by atoms with van der Waals surface area (Å²) in [5, 5.41) is 4.36. The van der Waals surface area contributed by atoms with E-state index in [1.807, 2.05) is 13.3 Å². The van der Waals surface area contributed by atoms with Gasteiger partial charge in [0.1, 0.15) is 6.34 Å². The van der Waals surface area contributed by atoms with E-state index in [1.54, 1.807) is 0 Å². The van der Waals surface area contributed by atoms with Gasteiger partial charge in [0, 0.05) is 19.3 Å². The summed E-state index contributed by atoms with van der Waals surface area (Å²) >= 11 is 0. The van der Waals surface area contributed by atoms with E-state index in [2.05, 4.69) is 21.2 Å². The second kappa shape index (κ2) is 2.01. The molecule has 2 aliphatic heterocycles. The molecular weight excluding hydrogens is 126 g/mol. The second-order valence-corrected chi connectivity index (χ2v) is 2.69. The Bertz CT molecular complexity index is 195. The molecule has 2 heterocycles. The van der Waals surface area contributed by atoms with Crippen molar-refractivity contribution in [2.45, 2.75) is 13.3 Å². The first-order chi connectivity index (χ1) is 4.86. The zero-order chi connectivity index (χ0) is 6.97. The Morgan fingerprint density at radius 3 is 3.10 bits per heavy atom. The van der Waals surface area contributed by atoms with Gasteiger partial charge in [-0.1, -0.05) is 0 Å². The van der Waals surface area contributed by atoms with Crippen LogP contribution in [0.5, 0.6) is 0 Å². The predicted molar refractivity (Wildman–Crippen MR) is 40.3 cm³/mol. The molecule has 0 aromatic rings. The van der Waals surface area contributed by atoms with Crippen molar-refractivity contribution in [3.05, 3.63) is 11.9 Å². The van der Waals surface area contributed by atoms with Gasteiger partial charge >= 0.3 is 0 Å². The molecule has 0 aliphatic carbocycles. The molecule has 0 saturated carbocycles. The lowest BCUT2D eigenvalue weighted by molar-refractivity contribution is 0.175. The Morgan fingerprint density at radius 1 is 1.40 bits per heavy atom. The number of fused-ring (bicyclic) bond motifs is 1. The first-order valence-electron chi connectivity index (χ1n) is 3.62. The minimum atomic E-state index is 1.10. The lowest BCUT2D eigenvalue weighted by Gasteiger charge is -2.27. The normalized spacial score (nSPS) is 23.1. The molecule has 0 radical (unpaired) electrons. The molecule has 0 amide bonds. The van der Waals surface area contributed by atoms with Gasteiger partial charge < -0.3 is 0 Å². The molecule has 0 spiro atoms. The second-order valence-electron chi connectivity index (χ2n) is 2.69. The molecule has 2 rings (SSSR count). The highest BCUT2D eigenvalue weighted by molar-refractivity contribution is 5.57. The monoisotopic (exact) mass is 137 g/mol. The van der Waals surface area contributed by atoms with Gasteiger partial charge in [-0.15, -0.1) is 0 Å². The molecule has 3 nitrogen and oxygen atoms in total. The van der Waals surface area contributed by atoms with E-state index in [0.29, 0.717) is 0 Å². The summed E-state index contributed by atoms with van der Waals surface area (Å²) in [6.07, 6.45) is 5.24. The van der Waals surface area contributed by atoms with Crippen LogP contribution in [0.15, 0.2) is 16.9 Å².